The molecule has 0 aromatic rings. The molecule has 0 fully saturated rings. The maximum atomic E-state index is 11.7. The molecule has 8 heteroatoms. The summed E-state index contributed by atoms with van der Waals surface area (Å²) in [6.07, 6.45) is 0.975. The van der Waals surface area contributed by atoms with E-state index in [4.69, 9.17) is 0 Å². The molecule has 90 valence electrons. The minimum absolute atomic E-state index is 0. The molecule has 0 atom stereocenters. The summed E-state index contributed by atoms with van der Waals surface area (Å²) in [4.78, 5) is 4.07. The van der Waals surface area contributed by atoms with Gasteiger partial charge in [0.1, 0.15) is 0 Å². The summed E-state index contributed by atoms with van der Waals surface area (Å²) in [6, 6.07) is 0. The van der Waals surface area contributed by atoms with Crippen LogP contribution in [0.25, 0.3) is 0 Å². The lowest BCUT2D eigenvalue weighted by molar-refractivity contribution is -0.0327. The molecular formula is C7H13F3IN3S. The van der Waals surface area contributed by atoms with Crippen LogP contribution in [0.3, 0.4) is 0 Å². The Kier molecular flexibility index (Phi) is 7.49. The molecule has 0 aromatic heterocycles. The van der Waals surface area contributed by atoms with Crippen LogP contribution in [0.2, 0.25) is 0 Å². The van der Waals surface area contributed by atoms with Gasteiger partial charge in [0.2, 0.25) is 0 Å². The number of rotatable bonds is 3. The fourth-order valence-corrected chi connectivity index (χ4v) is 1.42. The molecule has 1 aliphatic heterocycles. The zero-order valence-corrected chi connectivity index (χ0v) is 11.1. The van der Waals surface area contributed by atoms with Gasteiger partial charge >= 0.3 is 5.51 Å². The molecule has 0 saturated heterocycles. The maximum absolute atomic E-state index is 11.7. The highest BCUT2D eigenvalue weighted by atomic mass is 127. The van der Waals surface area contributed by atoms with Gasteiger partial charge in [-0.05, 0) is 18.2 Å². The Balaban J connectivity index is 0.00000196. The van der Waals surface area contributed by atoms with Crippen LogP contribution >= 0.6 is 35.7 Å². The lowest BCUT2D eigenvalue weighted by Gasteiger charge is -2.15. The lowest BCUT2D eigenvalue weighted by Crippen LogP contribution is -2.41. The SMILES string of the molecule is FC(F)(F)SCCNC1=NCCCN1.I. The van der Waals surface area contributed by atoms with Crippen molar-refractivity contribution < 1.29 is 13.2 Å². The van der Waals surface area contributed by atoms with Gasteiger partial charge in [0.25, 0.3) is 0 Å². The second-order valence-electron chi connectivity index (χ2n) is 2.73. The second-order valence-corrected chi connectivity index (χ2v) is 3.89. The lowest BCUT2D eigenvalue weighted by atomic mass is 10.4. The van der Waals surface area contributed by atoms with Crippen molar-refractivity contribution in [2.75, 3.05) is 25.4 Å². The molecule has 0 aromatic carbocycles. The molecule has 1 rings (SSSR count). The normalized spacial score (nSPS) is 16.1. The van der Waals surface area contributed by atoms with E-state index in [0.717, 1.165) is 19.5 Å². The first-order valence-corrected chi connectivity index (χ1v) is 5.29. The van der Waals surface area contributed by atoms with Gasteiger partial charge in [-0.1, -0.05) is 0 Å². The molecule has 0 radical (unpaired) electrons. The van der Waals surface area contributed by atoms with Gasteiger partial charge in [-0.25, -0.2) is 0 Å². The molecule has 0 aliphatic carbocycles. The van der Waals surface area contributed by atoms with Crippen LogP contribution in [-0.2, 0) is 0 Å². The summed E-state index contributed by atoms with van der Waals surface area (Å²) >= 11 is -0.0231. The van der Waals surface area contributed by atoms with Crippen LogP contribution in [0.4, 0.5) is 13.2 Å². The van der Waals surface area contributed by atoms with Crippen molar-refractivity contribution in [3.05, 3.63) is 0 Å². The summed E-state index contributed by atoms with van der Waals surface area (Å²) in [5.74, 6) is 0.614. The molecule has 15 heavy (non-hydrogen) atoms. The maximum Gasteiger partial charge on any atom is 0.441 e. The van der Waals surface area contributed by atoms with Gasteiger partial charge in [0, 0.05) is 25.4 Å². The van der Waals surface area contributed by atoms with Crippen molar-refractivity contribution in [1.29, 1.82) is 0 Å². The first kappa shape index (κ1) is 15.1. The Morgan fingerprint density at radius 1 is 1.47 bits per heavy atom. The van der Waals surface area contributed by atoms with E-state index in [1.54, 1.807) is 0 Å². The number of guanidine groups is 1. The topological polar surface area (TPSA) is 36.4 Å². The molecule has 0 bridgehead atoms. The van der Waals surface area contributed by atoms with Crippen molar-refractivity contribution in [2.45, 2.75) is 11.9 Å². The monoisotopic (exact) mass is 355 g/mol. The average molecular weight is 355 g/mol. The Morgan fingerprint density at radius 2 is 2.20 bits per heavy atom. The van der Waals surface area contributed by atoms with Crippen molar-refractivity contribution in [1.82, 2.24) is 10.6 Å². The zero-order chi connectivity index (χ0) is 10.4. The highest BCUT2D eigenvalue weighted by Crippen LogP contribution is 2.29. The smallest absolute Gasteiger partial charge is 0.356 e. The first-order valence-electron chi connectivity index (χ1n) is 4.31. The van der Waals surface area contributed by atoms with Gasteiger partial charge in [-0.2, -0.15) is 13.2 Å². The third kappa shape index (κ3) is 8.00. The van der Waals surface area contributed by atoms with E-state index in [-0.39, 0.29) is 48.0 Å². The molecule has 3 nitrogen and oxygen atoms in total. The number of nitrogens with zero attached hydrogens (tertiary/aromatic N) is 1. The van der Waals surface area contributed by atoms with E-state index in [2.05, 4.69) is 15.6 Å². The van der Waals surface area contributed by atoms with Gasteiger partial charge < -0.3 is 10.6 Å². The predicted octanol–water partition coefficient (Wildman–Crippen LogP) is 1.80. The van der Waals surface area contributed by atoms with Crippen molar-refractivity contribution in [3.63, 3.8) is 0 Å². The number of aliphatic imine (C=N–C) groups is 1. The van der Waals surface area contributed by atoms with Crippen LogP contribution in [0, 0.1) is 0 Å². The zero-order valence-electron chi connectivity index (χ0n) is 7.93. The summed E-state index contributed by atoms with van der Waals surface area (Å²) in [5, 5.41) is 5.78. The Hall–Kier alpha value is 0.140. The first-order chi connectivity index (χ1) is 6.58. The Labute approximate surface area is 108 Å². The van der Waals surface area contributed by atoms with Crippen molar-refractivity contribution >= 4 is 41.7 Å². The molecule has 0 amide bonds. The summed E-state index contributed by atoms with van der Waals surface area (Å²) in [6.45, 7) is 1.84. The number of alkyl halides is 3. The number of hydrogen-bond donors (Lipinski definition) is 2. The molecule has 0 unspecified atom stereocenters. The molecular weight excluding hydrogens is 342 g/mol. The van der Waals surface area contributed by atoms with Crippen LogP contribution in [0.15, 0.2) is 4.99 Å². The number of halogens is 4. The summed E-state index contributed by atoms with van der Waals surface area (Å²) in [7, 11) is 0. The number of thioether (sulfide) groups is 1. The standard InChI is InChI=1S/C7H12F3N3S.HI/c8-7(9,10)14-5-4-13-6-11-2-1-3-12-6;/h1-5H2,(H2,11,12,13);1H. The highest BCUT2D eigenvalue weighted by molar-refractivity contribution is 14.0. The van der Waals surface area contributed by atoms with Crippen LogP contribution in [0.5, 0.6) is 0 Å². The van der Waals surface area contributed by atoms with Crippen LogP contribution in [0.1, 0.15) is 6.42 Å². The predicted molar refractivity (Wildman–Crippen MR) is 66.9 cm³/mol. The average Bonchev–Trinajstić information content (AvgIpc) is 2.13. The van der Waals surface area contributed by atoms with E-state index < -0.39 is 5.51 Å². The fraction of sp³-hybridized carbons (Fsp3) is 0.857. The second kappa shape index (κ2) is 7.42. The van der Waals surface area contributed by atoms with Crippen molar-refractivity contribution in [2.24, 2.45) is 4.99 Å². The summed E-state index contributed by atoms with van der Waals surface area (Å²) < 4.78 is 35.1. The van der Waals surface area contributed by atoms with Gasteiger partial charge in [-0.15, -0.1) is 24.0 Å². The summed E-state index contributed by atoms with van der Waals surface area (Å²) in [5.41, 5.74) is -4.14. The minimum Gasteiger partial charge on any atom is -0.356 e. The Morgan fingerprint density at radius 3 is 2.73 bits per heavy atom. The minimum atomic E-state index is -4.14. The van der Waals surface area contributed by atoms with E-state index in [9.17, 15) is 13.2 Å². The molecule has 1 heterocycles. The quantitative estimate of drug-likeness (QED) is 0.599. The van der Waals surface area contributed by atoms with E-state index in [1.165, 1.54) is 0 Å². The van der Waals surface area contributed by atoms with Crippen molar-refractivity contribution in [3.8, 4) is 0 Å². The van der Waals surface area contributed by atoms with E-state index in [1.807, 2.05) is 0 Å². The van der Waals surface area contributed by atoms with Gasteiger partial charge in [-0.3, -0.25) is 4.99 Å². The third-order valence-electron chi connectivity index (χ3n) is 1.56. The molecule has 1 aliphatic rings. The molecule has 2 N–H and O–H groups in total. The number of nitrogens with one attached hydrogen (secondary N) is 2. The van der Waals surface area contributed by atoms with Crippen LogP contribution in [-0.4, -0.2) is 36.9 Å². The molecule has 0 saturated carbocycles. The van der Waals surface area contributed by atoms with Crippen LogP contribution < -0.4 is 10.6 Å². The van der Waals surface area contributed by atoms with E-state index in [0.29, 0.717) is 5.96 Å². The number of hydrogen-bond acceptors (Lipinski definition) is 4. The Bertz CT molecular complexity index is 210. The molecule has 0 spiro atoms. The van der Waals surface area contributed by atoms with Gasteiger partial charge in [0.15, 0.2) is 5.96 Å². The fourth-order valence-electron chi connectivity index (χ4n) is 0.987. The third-order valence-corrected chi connectivity index (χ3v) is 2.29. The largest absolute Gasteiger partial charge is 0.441 e. The van der Waals surface area contributed by atoms with E-state index >= 15 is 0 Å². The highest BCUT2D eigenvalue weighted by Gasteiger charge is 2.27. The van der Waals surface area contributed by atoms with Gasteiger partial charge in [0.05, 0.1) is 0 Å².